The van der Waals surface area contributed by atoms with Crippen LogP contribution in [0.15, 0.2) is 29.0 Å². The fraction of sp³-hybridized carbons (Fsp3) is 0.385. The van der Waals surface area contributed by atoms with E-state index in [-0.39, 0.29) is 6.04 Å². The molecule has 0 fully saturated rings. The fourth-order valence-corrected chi connectivity index (χ4v) is 2.22. The van der Waals surface area contributed by atoms with Gasteiger partial charge in [0.25, 0.3) is 0 Å². The summed E-state index contributed by atoms with van der Waals surface area (Å²) in [6, 6.07) is 5.40. The van der Waals surface area contributed by atoms with E-state index in [9.17, 15) is 9.90 Å². The highest BCUT2D eigenvalue weighted by Crippen LogP contribution is 2.29. The molecule has 2 aromatic rings. The van der Waals surface area contributed by atoms with E-state index in [0.717, 1.165) is 11.1 Å². The number of nitrogens with zero attached hydrogens (tertiary/aromatic N) is 2. The van der Waals surface area contributed by atoms with Crippen molar-refractivity contribution in [2.45, 2.75) is 13.0 Å². The number of hydrogen-bond acceptors (Lipinski definition) is 4. The van der Waals surface area contributed by atoms with Crippen molar-refractivity contribution in [1.29, 1.82) is 0 Å². The van der Waals surface area contributed by atoms with Gasteiger partial charge in [-0.3, -0.25) is 4.79 Å². The minimum absolute atomic E-state index is 0.197. The van der Waals surface area contributed by atoms with Crippen molar-refractivity contribution in [2.75, 3.05) is 14.1 Å². The summed E-state index contributed by atoms with van der Waals surface area (Å²) >= 11 is 0. The van der Waals surface area contributed by atoms with Crippen LogP contribution in [0.5, 0.6) is 0 Å². The maximum Gasteiger partial charge on any atom is 0.308 e. The summed E-state index contributed by atoms with van der Waals surface area (Å²) in [5, 5.41) is 9.17. The second kappa shape index (κ2) is 4.78. The topological polar surface area (TPSA) is 66.6 Å². The molecule has 1 heterocycles. The van der Waals surface area contributed by atoms with Gasteiger partial charge in [-0.2, -0.15) is 0 Å². The van der Waals surface area contributed by atoms with Gasteiger partial charge in [0.05, 0.1) is 5.92 Å². The lowest BCUT2D eigenvalue weighted by Crippen LogP contribution is -2.30. The molecular weight excluding hydrogens is 232 g/mol. The van der Waals surface area contributed by atoms with E-state index < -0.39 is 11.9 Å². The monoisotopic (exact) mass is 248 g/mol. The Morgan fingerprint density at radius 3 is 2.78 bits per heavy atom. The lowest BCUT2D eigenvalue weighted by atomic mass is 9.93. The maximum absolute atomic E-state index is 11.2. The maximum atomic E-state index is 11.2. The number of carboxylic acid groups (broad SMARTS) is 1. The Labute approximate surface area is 105 Å². The summed E-state index contributed by atoms with van der Waals surface area (Å²) < 4.78 is 5.25. The Kier molecular flexibility index (Phi) is 3.34. The number of carboxylic acids is 1. The first kappa shape index (κ1) is 12.6. The molecule has 1 N–H and O–H groups in total. The van der Waals surface area contributed by atoms with Gasteiger partial charge in [-0.05, 0) is 31.8 Å². The first-order chi connectivity index (χ1) is 8.50. The third-order valence-corrected chi connectivity index (χ3v) is 3.12. The predicted octanol–water partition coefficient (Wildman–Crippen LogP) is 2.15. The molecule has 0 saturated carbocycles. The summed E-state index contributed by atoms with van der Waals surface area (Å²) in [6.45, 7) is 1.71. The fourth-order valence-electron chi connectivity index (χ4n) is 2.22. The molecule has 5 heteroatoms. The third-order valence-electron chi connectivity index (χ3n) is 3.12. The average Bonchev–Trinajstić information content (AvgIpc) is 2.75. The Morgan fingerprint density at radius 1 is 1.44 bits per heavy atom. The number of benzene rings is 1. The van der Waals surface area contributed by atoms with Gasteiger partial charge < -0.3 is 14.4 Å². The lowest BCUT2D eigenvalue weighted by Gasteiger charge is -2.28. The summed E-state index contributed by atoms with van der Waals surface area (Å²) in [4.78, 5) is 17.1. The lowest BCUT2D eigenvalue weighted by molar-refractivity contribution is -0.143. The highest BCUT2D eigenvalue weighted by Gasteiger charge is 2.27. The largest absolute Gasteiger partial charge is 0.481 e. The van der Waals surface area contributed by atoms with Crippen molar-refractivity contribution in [3.63, 3.8) is 0 Å². The normalized spacial score (nSPS) is 14.9. The van der Waals surface area contributed by atoms with Crippen LogP contribution in [0.2, 0.25) is 0 Å². The van der Waals surface area contributed by atoms with Crippen LogP contribution in [0.1, 0.15) is 18.5 Å². The van der Waals surface area contributed by atoms with Gasteiger partial charge in [-0.1, -0.05) is 13.0 Å². The highest BCUT2D eigenvalue weighted by atomic mass is 16.4. The van der Waals surface area contributed by atoms with Gasteiger partial charge in [0.2, 0.25) is 0 Å². The second-order valence-corrected chi connectivity index (χ2v) is 4.61. The Bertz CT molecular complexity index is 562. The van der Waals surface area contributed by atoms with Gasteiger partial charge in [0, 0.05) is 6.04 Å². The SMILES string of the molecule is CC(C(=O)O)C(c1ccc2ncoc2c1)N(C)C. The molecule has 1 aromatic carbocycles. The minimum atomic E-state index is -0.814. The molecule has 2 unspecified atom stereocenters. The molecule has 5 nitrogen and oxygen atoms in total. The molecule has 1 aromatic heterocycles. The Balaban J connectivity index is 2.44. The van der Waals surface area contributed by atoms with Crippen LogP contribution in [0.25, 0.3) is 11.1 Å². The molecule has 0 bridgehead atoms. The van der Waals surface area contributed by atoms with Gasteiger partial charge in [0.15, 0.2) is 12.0 Å². The zero-order chi connectivity index (χ0) is 13.3. The Morgan fingerprint density at radius 2 is 2.17 bits per heavy atom. The van der Waals surface area contributed by atoms with E-state index in [1.165, 1.54) is 6.39 Å². The molecule has 96 valence electrons. The summed E-state index contributed by atoms with van der Waals surface area (Å²) in [6.07, 6.45) is 1.39. The highest BCUT2D eigenvalue weighted by molar-refractivity contribution is 5.74. The van der Waals surface area contributed by atoms with Crippen molar-refractivity contribution in [3.8, 4) is 0 Å². The number of rotatable bonds is 4. The van der Waals surface area contributed by atoms with E-state index in [2.05, 4.69) is 4.98 Å². The first-order valence-electron chi connectivity index (χ1n) is 5.73. The zero-order valence-electron chi connectivity index (χ0n) is 10.6. The Hall–Kier alpha value is -1.88. The zero-order valence-corrected chi connectivity index (χ0v) is 10.6. The van der Waals surface area contributed by atoms with Crippen molar-refractivity contribution in [1.82, 2.24) is 9.88 Å². The standard InChI is InChI=1S/C13H16N2O3/c1-8(13(16)17)12(15(2)3)9-4-5-10-11(6-9)18-7-14-10/h4-8,12H,1-3H3,(H,16,17). The summed E-state index contributed by atoms with van der Waals surface area (Å²) in [5.41, 5.74) is 2.37. The quantitative estimate of drug-likeness (QED) is 0.898. The van der Waals surface area contributed by atoms with E-state index in [1.54, 1.807) is 6.92 Å². The molecule has 0 saturated heterocycles. The summed E-state index contributed by atoms with van der Waals surface area (Å²) in [5.74, 6) is -1.31. The van der Waals surface area contributed by atoms with Crippen LogP contribution >= 0.6 is 0 Å². The predicted molar refractivity (Wildman–Crippen MR) is 67.2 cm³/mol. The van der Waals surface area contributed by atoms with Gasteiger partial charge in [-0.25, -0.2) is 4.98 Å². The molecule has 0 aliphatic carbocycles. The van der Waals surface area contributed by atoms with Crippen LogP contribution < -0.4 is 0 Å². The number of aliphatic carboxylic acids is 1. The van der Waals surface area contributed by atoms with Gasteiger partial charge in [0.1, 0.15) is 5.52 Å². The first-order valence-corrected chi connectivity index (χ1v) is 5.73. The van der Waals surface area contributed by atoms with Crippen LogP contribution in [0, 0.1) is 5.92 Å². The molecule has 0 spiro atoms. The second-order valence-electron chi connectivity index (χ2n) is 4.61. The molecule has 2 rings (SSSR count). The average molecular weight is 248 g/mol. The molecule has 0 radical (unpaired) electrons. The van der Waals surface area contributed by atoms with E-state index in [0.29, 0.717) is 5.58 Å². The van der Waals surface area contributed by atoms with Crippen molar-refractivity contribution in [2.24, 2.45) is 5.92 Å². The van der Waals surface area contributed by atoms with E-state index in [4.69, 9.17) is 4.42 Å². The van der Waals surface area contributed by atoms with Crippen molar-refractivity contribution in [3.05, 3.63) is 30.2 Å². The molecular formula is C13H16N2O3. The number of aromatic nitrogens is 1. The molecule has 0 aliphatic rings. The van der Waals surface area contributed by atoms with Crippen LogP contribution in [0.3, 0.4) is 0 Å². The third kappa shape index (κ3) is 2.22. The van der Waals surface area contributed by atoms with Crippen molar-refractivity contribution < 1.29 is 14.3 Å². The summed E-state index contributed by atoms with van der Waals surface area (Å²) in [7, 11) is 3.74. The number of fused-ring (bicyclic) bond motifs is 1. The smallest absolute Gasteiger partial charge is 0.308 e. The molecule has 2 atom stereocenters. The van der Waals surface area contributed by atoms with E-state index >= 15 is 0 Å². The van der Waals surface area contributed by atoms with Crippen LogP contribution in [0.4, 0.5) is 0 Å². The van der Waals surface area contributed by atoms with Crippen LogP contribution in [-0.2, 0) is 4.79 Å². The number of oxazole rings is 1. The van der Waals surface area contributed by atoms with Crippen LogP contribution in [-0.4, -0.2) is 35.1 Å². The molecule has 0 aliphatic heterocycles. The minimum Gasteiger partial charge on any atom is -0.481 e. The number of hydrogen-bond donors (Lipinski definition) is 1. The molecule has 0 amide bonds. The van der Waals surface area contributed by atoms with Gasteiger partial charge >= 0.3 is 5.97 Å². The molecule has 18 heavy (non-hydrogen) atoms. The van der Waals surface area contributed by atoms with E-state index in [1.807, 2.05) is 37.2 Å². The number of carbonyl (C=O) groups is 1. The van der Waals surface area contributed by atoms with Crippen molar-refractivity contribution >= 4 is 17.1 Å². The van der Waals surface area contributed by atoms with Gasteiger partial charge in [-0.15, -0.1) is 0 Å².